The van der Waals surface area contributed by atoms with Crippen LogP contribution in [0.1, 0.15) is 12.8 Å². The Kier molecular flexibility index (Phi) is 5.49. The minimum Gasteiger partial charge on any atom is -0.455 e. The summed E-state index contributed by atoms with van der Waals surface area (Å²) < 4.78 is 11.3. The minimum absolute atomic E-state index is 0.124. The van der Waals surface area contributed by atoms with Gasteiger partial charge in [-0.05, 0) is 49.2 Å². The number of amides is 1. The topological polar surface area (TPSA) is 72.5 Å². The van der Waals surface area contributed by atoms with Gasteiger partial charge in [-0.25, -0.2) is 4.98 Å². The van der Waals surface area contributed by atoms with Crippen LogP contribution in [0.2, 0.25) is 0 Å². The molecule has 1 aromatic heterocycles. The number of pyridine rings is 1. The van der Waals surface area contributed by atoms with E-state index in [1.54, 1.807) is 6.20 Å². The second-order valence-electron chi connectivity index (χ2n) is 6.46. The molecule has 1 amide bonds. The third kappa shape index (κ3) is 4.47. The van der Waals surface area contributed by atoms with E-state index in [1.165, 1.54) is 0 Å². The monoisotopic (exact) mass is 375 g/mol. The highest BCUT2D eigenvalue weighted by molar-refractivity contribution is 5.94. The molecule has 3 aromatic rings. The molecule has 1 unspecified atom stereocenters. The van der Waals surface area contributed by atoms with Crippen LogP contribution in [0.25, 0.3) is 0 Å². The Bertz CT molecular complexity index is 923. The summed E-state index contributed by atoms with van der Waals surface area (Å²) in [6.45, 7) is 0.643. The number of para-hydroxylation sites is 3. The van der Waals surface area contributed by atoms with Crippen LogP contribution in [-0.2, 0) is 9.53 Å². The molecule has 1 aliphatic heterocycles. The van der Waals surface area contributed by atoms with Gasteiger partial charge in [-0.3, -0.25) is 4.79 Å². The molecule has 0 aliphatic carbocycles. The number of carbonyl (C=O) groups is 1. The second kappa shape index (κ2) is 8.54. The van der Waals surface area contributed by atoms with Crippen LogP contribution >= 0.6 is 0 Å². The van der Waals surface area contributed by atoms with Crippen LogP contribution in [0.3, 0.4) is 0 Å². The first kappa shape index (κ1) is 18.0. The van der Waals surface area contributed by atoms with Gasteiger partial charge < -0.3 is 20.1 Å². The first-order chi connectivity index (χ1) is 13.8. The molecule has 1 saturated heterocycles. The molecular formula is C22H21N3O3. The summed E-state index contributed by atoms with van der Waals surface area (Å²) in [5, 5.41) is 6.09. The third-order valence-electron chi connectivity index (χ3n) is 4.37. The third-order valence-corrected chi connectivity index (χ3v) is 4.37. The summed E-state index contributed by atoms with van der Waals surface area (Å²) in [7, 11) is 0. The van der Waals surface area contributed by atoms with Crippen molar-refractivity contribution >= 4 is 23.1 Å². The summed E-state index contributed by atoms with van der Waals surface area (Å²) in [6, 6.07) is 20.9. The number of carbonyl (C=O) groups excluding carboxylic acids is 1. The largest absolute Gasteiger partial charge is 0.455 e. The van der Waals surface area contributed by atoms with Crippen molar-refractivity contribution in [3.63, 3.8) is 0 Å². The summed E-state index contributed by atoms with van der Waals surface area (Å²) in [6.07, 6.45) is 2.94. The SMILES string of the molecule is O=C(Nc1ccc(Nc2ccccc2Oc2ccccc2)nc1)C1CCCO1. The highest BCUT2D eigenvalue weighted by Crippen LogP contribution is 2.31. The van der Waals surface area contributed by atoms with Gasteiger partial charge in [0.25, 0.3) is 5.91 Å². The van der Waals surface area contributed by atoms with Crippen molar-refractivity contribution in [2.75, 3.05) is 17.2 Å². The summed E-state index contributed by atoms with van der Waals surface area (Å²) in [4.78, 5) is 16.5. The Morgan fingerprint density at radius 1 is 1.04 bits per heavy atom. The average Bonchev–Trinajstić information content (AvgIpc) is 3.27. The molecule has 0 bridgehead atoms. The van der Waals surface area contributed by atoms with Crippen molar-refractivity contribution in [3.8, 4) is 11.5 Å². The molecule has 1 atom stereocenters. The number of hydrogen-bond acceptors (Lipinski definition) is 5. The van der Waals surface area contributed by atoms with Gasteiger partial charge in [-0.2, -0.15) is 0 Å². The standard InChI is InChI=1S/C22H21N3O3/c26-22(20-11-6-14-27-20)24-16-12-13-21(23-15-16)25-18-9-4-5-10-19(18)28-17-7-2-1-3-8-17/h1-5,7-10,12-13,15,20H,6,11,14H2,(H,23,25)(H,24,26). The fourth-order valence-corrected chi connectivity index (χ4v) is 2.96. The molecule has 2 heterocycles. The zero-order valence-corrected chi connectivity index (χ0v) is 15.3. The number of aromatic nitrogens is 1. The fraction of sp³-hybridized carbons (Fsp3) is 0.182. The lowest BCUT2D eigenvalue weighted by atomic mass is 10.2. The summed E-state index contributed by atoms with van der Waals surface area (Å²) in [5.41, 5.74) is 1.44. The van der Waals surface area contributed by atoms with E-state index in [1.807, 2.05) is 66.7 Å². The quantitative estimate of drug-likeness (QED) is 0.651. The zero-order chi connectivity index (χ0) is 19.2. The highest BCUT2D eigenvalue weighted by atomic mass is 16.5. The molecule has 6 nitrogen and oxygen atoms in total. The molecule has 28 heavy (non-hydrogen) atoms. The van der Waals surface area contributed by atoms with Gasteiger partial charge in [0.1, 0.15) is 17.7 Å². The van der Waals surface area contributed by atoms with Crippen molar-refractivity contribution in [1.82, 2.24) is 4.98 Å². The van der Waals surface area contributed by atoms with Gasteiger partial charge in [-0.1, -0.05) is 30.3 Å². The number of nitrogens with one attached hydrogen (secondary N) is 2. The Morgan fingerprint density at radius 2 is 1.86 bits per heavy atom. The van der Waals surface area contributed by atoms with Crippen molar-refractivity contribution in [1.29, 1.82) is 0 Å². The van der Waals surface area contributed by atoms with Gasteiger partial charge in [0.2, 0.25) is 0 Å². The van der Waals surface area contributed by atoms with Gasteiger partial charge in [0.15, 0.2) is 5.75 Å². The number of benzene rings is 2. The van der Waals surface area contributed by atoms with Crippen molar-refractivity contribution in [3.05, 3.63) is 72.9 Å². The normalized spacial score (nSPS) is 15.8. The second-order valence-corrected chi connectivity index (χ2v) is 6.46. The molecule has 2 N–H and O–H groups in total. The number of rotatable bonds is 6. The van der Waals surface area contributed by atoms with E-state index in [9.17, 15) is 4.79 Å². The minimum atomic E-state index is -0.361. The molecular weight excluding hydrogens is 354 g/mol. The van der Waals surface area contributed by atoms with E-state index in [2.05, 4.69) is 15.6 Å². The van der Waals surface area contributed by atoms with E-state index < -0.39 is 0 Å². The van der Waals surface area contributed by atoms with Crippen molar-refractivity contribution < 1.29 is 14.3 Å². The number of anilines is 3. The van der Waals surface area contributed by atoms with Crippen molar-refractivity contribution in [2.45, 2.75) is 18.9 Å². The van der Waals surface area contributed by atoms with E-state index in [0.717, 1.165) is 24.3 Å². The van der Waals surface area contributed by atoms with Gasteiger partial charge >= 0.3 is 0 Å². The maximum atomic E-state index is 12.1. The Balaban J connectivity index is 1.42. The van der Waals surface area contributed by atoms with Crippen LogP contribution in [0.4, 0.5) is 17.2 Å². The Hall–Kier alpha value is -3.38. The summed E-state index contributed by atoms with van der Waals surface area (Å²) in [5.74, 6) is 1.99. The maximum absolute atomic E-state index is 12.1. The molecule has 1 aliphatic rings. The Labute approximate surface area is 163 Å². The first-order valence-electron chi connectivity index (χ1n) is 9.25. The van der Waals surface area contributed by atoms with Crippen LogP contribution in [-0.4, -0.2) is 23.6 Å². The van der Waals surface area contributed by atoms with Gasteiger partial charge in [0.05, 0.1) is 17.6 Å². The average molecular weight is 375 g/mol. The van der Waals surface area contributed by atoms with E-state index >= 15 is 0 Å². The lowest BCUT2D eigenvalue weighted by Gasteiger charge is -2.13. The summed E-state index contributed by atoms with van der Waals surface area (Å²) >= 11 is 0. The molecule has 6 heteroatoms. The molecule has 2 aromatic carbocycles. The van der Waals surface area contributed by atoms with Crippen LogP contribution in [0, 0.1) is 0 Å². The van der Waals surface area contributed by atoms with E-state index in [4.69, 9.17) is 9.47 Å². The van der Waals surface area contributed by atoms with Gasteiger partial charge in [-0.15, -0.1) is 0 Å². The van der Waals surface area contributed by atoms with Crippen molar-refractivity contribution in [2.24, 2.45) is 0 Å². The predicted molar refractivity (Wildman–Crippen MR) is 108 cm³/mol. The molecule has 142 valence electrons. The number of nitrogens with zero attached hydrogens (tertiary/aromatic N) is 1. The first-order valence-corrected chi connectivity index (χ1v) is 9.25. The van der Waals surface area contributed by atoms with Crippen LogP contribution in [0.5, 0.6) is 11.5 Å². The molecule has 0 radical (unpaired) electrons. The van der Waals surface area contributed by atoms with E-state index in [0.29, 0.717) is 23.9 Å². The molecule has 4 rings (SSSR count). The molecule has 0 saturated carbocycles. The lowest BCUT2D eigenvalue weighted by molar-refractivity contribution is -0.124. The molecule has 0 spiro atoms. The van der Waals surface area contributed by atoms with E-state index in [-0.39, 0.29) is 12.0 Å². The predicted octanol–water partition coefficient (Wildman–Crippen LogP) is 4.74. The fourth-order valence-electron chi connectivity index (χ4n) is 2.96. The van der Waals surface area contributed by atoms with Gasteiger partial charge in [0, 0.05) is 6.61 Å². The Morgan fingerprint density at radius 3 is 2.61 bits per heavy atom. The van der Waals surface area contributed by atoms with Crippen LogP contribution < -0.4 is 15.4 Å². The maximum Gasteiger partial charge on any atom is 0.253 e. The zero-order valence-electron chi connectivity index (χ0n) is 15.3. The number of hydrogen-bond donors (Lipinski definition) is 2. The van der Waals surface area contributed by atoms with Crippen LogP contribution in [0.15, 0.2) is 72.9 Å². The smallest absolute Gasteiger partial charge is 0.253 e. The highest BCUT2D eigenvalue weighted by Gasteiger charge is 2.23. The molecule has 1 fully saturated rings. The number of ether oxygens (including phenoxy) is 2. The lowest BCUT2D eigenvalue weighted by Crippen LogP contribution is -2.26.